The Bertz CT molecular complexity index is 967. The maximum Gasteiger partial charge on any atom is 0.246 e. The molecule has 6 heteroatoms. The van der Waals surface area contributed by atoms with Gasteiger partial charge in [0.15, 0.2) is 11.6 Å². The minimum absolute atomic E-state index is 0.250. The number of benzene rings is 2. The average molecular weight is 367 g/mol. The Labute approximate surface area is 156 Å². The smallest absolute Gasteiger partial charge is 0.246 e. The lowest BCUT2D eigenvalue weighted by Crippen LogP contribution is -2.28. The van der Waals surface area contributed by atoms with Crippen LogP contribution in [0.5, 0.6) is 0 Å². The highest BCUT2D eigenvalue weighted by Gasteiger charge is 2.17. The van der Waals surface area contributed by atoms with Gasteiger partial charge in [-0.25, -0.2) is 13.5 Å². The van der Waals surface area contributed by atoms with E-state index in [0.717, 1.165) is 23.4 Å². The zero-order valence-electron chi connectivity index (χ0n) is 15.0. The number of para-hydroxylation sites is 1. The Balaban J connectivity index is 1.69. The van der Waals surface area contributed by atoms with Crippen molar-refractivity contribution in [3.8, 4) is 5.69 Å². The number of hydrogen-bond acceptors (Lipinski definition) is 2. The van der Waals surface area contributed by atoms with Crippen LogP contribution in [0.4, 0.5) is 8.78 Å². The van der Waals surface area contributed by atoms with Gasteiger partial charge in [0.25, 0.3) is 0 Å². The fraction of sp³-hybridized carbons (Fsp3) is 0.143. The minimum Gasteiger partial charge on any atom is -0.335 e. The monoisotopic (exact) mass is 367 g/mol. The molecular formula is C21H19F2N3O. The lowest BCUT2D eigenvalue weighted by molar-refractivity contribution is -0.126. The number of halogens is 2. The van der Waals surface area contributed by atoms with Gasteiger partial charge in [-0.3, -0.25) is 4.79 Å². The molecule has 2 aromatic carbocycles. The van der Waals surface area contributed by atoms with E-state index >= 15 is 0 Å². The highest BCUT2D eigenvalue weighted by molar-refractivity contribution is 5.91. The molecule has 4 nitrogen and oxygen atoms in total. The number of carbonyl (C=O) groups excluding carboxylic acids is 1. The minimum atomic E-state index is -0.927. The molecule has 1 unspecified atom stereocenters. The van der Waals surface area contributed by atoms with Gasteiger partial charge >= 0.3 is 0 Å². The molecule has 3 aromatic rings. The highest BCUT2D eigenvalue weighted by Crippen LogP contribution is 2.21. The van der Waals surface area contributed by atoms with Gasteiger partial charge in [-0.2, -0.15) is 5.10 Å². The van der Waals surface area contributed by atoms with Crippen LogP contribution in [-0.4, -0.2) is 27.6 Å². The van der Waals surface area contributed by atoms with Gasteiger partial charge in [0.05, 0.1) is 17.9 Å². The molecule has 0 saturated carbocycles. The van der Waals surface area contributed by atoms with Crippen molar-refractivity contribution in [3.05, 3.63) is 89.8 Å². The Morgan fingerprint density at radius 3 is 2.59 bits per heavy atom. The Kier molecular flexibility index (Phi) is 5.45. The first kappa shape index (κ1) is 18.5. The molecule has 27 heavy (non-hydrogen) atoms. The second kappa shape index (κ2) is 7.95. The molecule has 1 atom stereocenters. The van der Waals surface area contributed by atoms with E-state index in [1.807, 2.05) is 36.5 Å². The van der Waals surface area contributed by atoms with Gasteiger partial charge in [-0.05, 0) is 42.8 Å². The predicted octanol–water partition coefficient (Wildman–Crippen LogP) is 4.38. The summed E-state index contributed by atoms with van der Waals surface area (Å²) in [5.41, 5.74) is 2.23. The average Bonchev–Trinajstić information content (AvgIpc) is 3.17. The summed E-state index contributed by atoms with van der Waals surface area (Å²) in [6.45, 7) is 1.76. The first-order valence-corrected chi connectivity index (χ1v) is 8.45. The third-order valence-electron chi connectivity index (χ3n) is 4.40. The number of carbonyl (C=O) groups is 1. The van der Waals surface area contributed by atoms with Gasteiger partial charge in [-0.15, -0.1) is 0 Å². The van der Waals surface area contributed by atoms with E-state index in [0.29, 0.717) is 5.56 Å². The lowest BCUT2D eigenvalue weighted by atomic mass is 10.1. The standard InChI is InChI=1S/C21H19F2N3O/c1-15(17-9-10-19(22)20(23)12-17)25(2)21(27)11-8-16-13-24-26(14-16)18-6-4-3-5-7-18/h3-15H,1-2H3/b11-8+. The van der Waals surface area contributed by atoms with E-state index in [1.165, 1.54) is 17.0 Å². The van der Waals surface area contributed by atoms with Crippen LogP contribution >= 0.6 is 0 Å². The number of aromatic nitrogens is 2. The summed E-state index contributed by atoms with van der Waals surface area (Å²) in [5.74, 6) is -2.08. The topological polar surface area (TPSA) is 38.1 Å². The van der Waals surface area contributed by atoms with E-state index in [1.54, 1.807) is 30.9 Å². The third-order valence-corrected chi connectivity index (χ3v) is 4.40. The summed E-state index contributed by atoms with van der Waals surface area (Å²) in [5, 5.41) is 4.27. The van der Waals surface area contributed by atoms with Gasteiger partial charge in [0.2, 0.25) is 5.91 Å². The van der Waals surface area contributed by atoms with Crippen LogP contribution in [0.25, 0.3) is 11.8 Å². The highest BCUT2D eigenvalue weighted by atomic mass is 19.2. The van der Waals surface area contributed by atoms with Crippen LogP contribution in [-0.2, 0) is 4.79 Å². The lowest BCUT2D eigenvalue weighted by Gasteiger charge is -2.24. The summed E-state index contributed by atoms with van der Waals surface area (Å²) in [7, 11) is 1.62. The van der Waals surface area contributed by atoms with E-state index in [-0.39, 0.29) is 5.91 Å². The van der Waals surface area contributed by atoms with Crippen molar-refractivity contribution in [2.45, 2.75) is 13.0 Å². The predicted molar refractivity (Wildman–Crippen MR) is 100 cm³/mol. The maximum atomic E-state index is 13.4. The van der Waals surface area contributed by atoms with Gasteiger partial charge in [0.1, 0.15) is 0 Å². The van der Waals surface area contributed by atoms with Gasteiger partial charge < -0.3 is 4.90 Å². The van der Waals surface area contributed by atoms with E-state index in [2.05, 4.69) is 5.10 Å². The number of likely N-dealkylation sites (N-methyl/N-ethyl adjacent to an activating group) is 1. The summed E-state index contributed by atoms with van der Waals surface area (Å²) in [4.78, 5) is 13.9. The van der Waals surface area contributed by atoms with Gasteiger partial charge in [-0.1, -0.05) is 24.3 Å². The Morgan fingerprint density at radius 2 is 1.89 bits per heavy atom. The number of hydrogen-bond donors (Lipinski definition) is 0. The van der Waals surface area contributed by atoms with Crippen molar-refractivity contribution in [2.75, 3.05) is 7.05 Å². The first-order chi connectivity index (χ1) is 13.0. The maximum absolute atomic E-state index is 13.4. The van der Waals surface area contributed by atoms with Crippen LogP contribution in [0.1, 0.15) is 24.1 Å². The SMILES string of the molecule is CC(c1ccc(F)c(F)c1)N(C)C(=O)/C=C/c1cnn(-c2ccccc2)c1. The molecule has 0 bridgehead atoms. The largest absolute Gasteiger partial charge is 0.335 e. The summed E-state index contributed by atoms with van der Waals surface area (Å²) >= 11 is 0. The summed E-state index contributed by atoms with van der Waals surface area (Å²) < 4.78 is 28.2. The molecule has 3 rings (SSSR count). The van der Waals surface area contributed by atoms with Crippen molar-refractivity contribution in [1.29, 1.82) is 0 Å². The van der Waals surface area contributed by atoms with Crippen LogP contribution in [0, 0.1) is 11.6 Å². The molecular weight excluding hydrogens is 348 g/mol. The number of amides is 1. The molecule has 1 amide bonds. The Morgan fingerprint density at radius 1 is 1.15 bits per heavy atom. The second-order valence-electron chi connectivity index (χ2n) is 6.19. The normalized spacial score (nSPS) is 12.3. The Hall–Kier alpha value is -3.28. The molecule has 0 aliphatic rings. The zero-order valence-corrected chi connectivity index (χ0v) is 15.0. The van der Waals surface area contributed by atoms with Crippen LogP contribution in [0.15, 0.2) is 67.0 Å². The van der Waals surface area contributed by atoms with Crippen LogP contribution < -0.4 is 0 Å². The molecule has 0 spiro atoms. The molecule has 0 radical (unpaired) electrons. The van der Waals surface area contributed by atoms with Crippen molar-refractivity contribution < 1.29 is 13.6 Å². The molecule has 1 aromatic heterocycles. The van der Waals surface area contributed by atoms with Crippen molar-refractivity contribution in [1.82, 2.24) is 14.7 Å². The van der Waals surface area contributed by atoms with Crippen molar-refractivity contribution in [3.63, 3.8) is 0 Å². The van der Waals surface area contributed by atoms with Crippen molar-refractivity contribution in [2.24, 2.45) is 0 Å². The fourth-order valence-electron chi connectivity index (χ4n) is 2.62. The van der Waals surface area contributed by atoms with Gasteiger partial charge in [0, 0.05) is 24.9 Å². The molecule has 0 aliphatic heterocycles. The third kappa shape index (κ3) is 4.28. The zero-order chi connectivity index (χ0) is 19.4. The molecule has 0 aliphatic carbocycles. The van der Waals surface area contributed by atoms with Crippen LogP contribution in [0.3, 0.4) is 0 Å². The first-order valence-electron chi connectivity index (χ1n) is 8.45. The molecule has 0 N–H and O–H groups in total. The fourth-order valence-corrected chi connectivity index (χ4v) is 2.62. The number of nitrogens with zero attached hydrogens (tertiary/aromatic N) is 3. The van der Waals surface area contributed by atoms with Crippen LogP contribution in [0.2, 0.25) is 0 Å². The van der Waals surface area contributed by atoms with E-state index < -0.39 is 17.7 Å². The van der Waals surface area contributed by atoms with E-state index in [4.69, 9.17) is 0 Å². The molecule has 0 saturated heterocycles. The van der Waals surface area contributed by atoms with E-state index in [9.17, 15) is 13.6 Å². The second-order valence-corrected chi connectivity index (χ2v) is 6.19. The quantitative estimate of drug-likeness (QED) is 0.628. The number of rotatable bonds is 5. The molecule has 138 valence electrons. The summed E-state index contributed by atoms with van der Waals surface area (Å²) in [6, 6.07) is 12.9. The summed E-state index contributed by atoms with van der Waals surface area (Å²) in [6.07, 6.45) is 6.58. The molecule has 1 heterocycles. The van der Waals surface area contributed by atoms with Crippen molar-refractivity contribution >= 4 is 12.0 Å². The molecule has 0 fully saturated rings.